The lowest BCUT2D eigenvalue weighted by Gasteiger charge is -2.10. The van der Waals surface area contributed by atoms with E-state index in [1.54, 1.807) is 0 Å². The third kappa shape index (κ3) is 24.7. The van der Waals surface area contributed by atoms with Crippen LogP contribution in [0.4, 0.5) is 0 Å². The molecule has 0 aromatic rings. The first-order valence-corrected chi connectivity index (χ1v) is 14.5. The normalized spacial score (nSPS) is 12.6. The van der Waals surface area contributed by atoms with Gasteiger partial charge >= 0.3 is 0 Å². The summed E-state index contributed by atoms with van der Waals surface area (Å²) in [5.74, 6) is 3.92. The molecule has 1 atom stereocenters. The number of rotatable bonds is 23. The average Bonchev–Trinajstić information content (AvgIpc) is 2.67. The molecule has 27 heavy (non-hydrogen) atoms. The molecule has 163 valence electrons. The summed E-state index contributed by atoms with van der Waals surface area (Å²) in [5, 5.41) is 0.600. The molecule has 0 aliphatic heterocycles. The summed E-state index contributed by atoms with van der Waals surface area (Å²) in [6.45, 7) is 8.93. The van der Waals surface area contributed by atoms with E-state index in [0.717, 1.165) is 0 Å². The fourth-order valence-electron chi connectivity index (χ4n) is 3.44. The molecule has 0 rings (SSSR count). The molecule has 0 saturated carbocycles. The molecule has 1 unspecified atom stereocenters. The van der Waals surface area contributed by atoms with E-state index < -0.39 is 0 Å². The van der Waals surface area contributed by atoms with E-state index in [0.29, 0.717) is 5.25 Å². The summed E-state index contributed by atoms with van der Waals surface area (Å²) < 4.78 is 0. The SMILES string of the molecule is [CH2]C(CSCCCCCCCCCCC)SCCCCCCCCCCC. The largest absolute Gasteiger partial charge is 0.161 e. The summed E-state index contributed by atoms with van der Waals surface area (Å²) in [6.07, 6.45) is 25.8. The van der Waals surface area contributed by atoms with Gasteiger partial charge in [0.2, 0.25) is 0 Å². The van der Waals surface area contributed by atoms with Crippen molar-refractivity contribution in [1.82, 2.24) is 0 Å². The van der Waals surface area contributed by atoms with Crippen LogP contribution in [0.25, 0.3) is 0 Å². The van der Waals surface area contributed by atoms with Crippen molar-refractivity contribution in [3.05, 3.63) is 6.92 Å². The maximum atomic E-state index is 4.34. The predicted molar refractivity (Wildman–Crippen MR) is 133 cm³/mol. The minimum absolute atomic E-state index is 0.600. The van der Waals surface area contributed by atoms with Gasteiger partial charge in [0.05, 0.1) is 0 Å². The van der Waals surface area contributed by atoms with Crippen molar-refractivity contribution < 1.29 is 0 Å². The van der Waals surface area contributed by atoms with Crippen LogP contribution in [0.3, 0.4) is 0 Å². The molecule has 0 heterocycles. The highest BCUT2D eigenvalue weighted by atomic mass is 32.2. The van der Waals surface area contributed by atoms with E-state index in [9.17, 15) is 0 Å². The Hall–Kier alpha value is 0.700. The van der Waals surface area contributed by atoms with Crippen LogP contribution >= 0.6 is 23.5 Å². The van der Waals surface area contributed by atoms with Gasteiger partial charge in [0.25, 0.3) is 0 Å². The molecule has 0 amide bonds. The van der Waals surface area contributed by atoms with Crippen LogP contribution in [-0.4, -0.2) is 22.5 Å². The maximum absolute atomic E-state index is 4.34. The molecule has 0 saturated heterocycles. The highest BCUT2D eigenvalue weighted by Crippen LogP contribution is 2.20. The van der Waals surface area contributed by atoms with Crippen LogP contribution < -0.4 is 0 Å². The van der Waals surface area contributed by atoms with Crippen LogP contribution in [0.5, 0.6) is 0 Å². The second kappa shape index (κ2) is 24.7. The Kier molecular flexibility index (Phi) is 25.4. The van der Waals surface area contributed by atoms with Gasteiger partial charge in [-0.2, -0.15) is 23.5 Å². The minimum atomic E-state index is 0.600. The number of hydrogen-bond donors (Lipinski definition) is 0. The average molecular weight is 416 g/mol. The van der Waals surface area contributed by atoms with E-state index in [2.05, 4.69) is 44.3 Å². The Morgan fingerprint density at radius 2 is 0.889 bits per heavy atom. The number of thioether (sulfide) groups is 2. The van der Waals surface area contributed by atoms with Gasteiger partial charge in [-0.1, -0.05) is 117 Å². The smallest absolute Gasteiger partial charge is 0.0138 e. The van der Waals surface area contributed by atoms with Crippen molar-refractivity contribution in [2.45, 2.75) is 135 Å². The van der Waals surface area contributed by atoms with Gasteiger partial charge in [-0.25, -0.2) is 0 Å². The van der Waals surface area contributed by atoms with Crippen LogP contribution in [0.1, 0.15) is 129 Å². The molecule has 0 nitrogen and oxygen atoms in total. The second-order valence-corrected chi connectivity index (χ2v) is 10.8. The molecular formula is C25H51S2. The van der Waals surface area contributed by atoms with Crippen molar-refractivity contribution in [1.29, 1.82) is 0 Å². The molecule has 0 aromatic heterocycles. The fourth-order valence-corrected chi connectivity index (χ4v) is 5.66. The van der Waals surface area contributed by atoms with E-state index in [1.807, 2.05) is 0 Å². The lowest BCUT2D eigenvalue weighted by molar-refractivity contribution is 0.573. The van der Waals surface area contributed by atoms with E-state index in [4.69, 9.17) is 0 Å². The van der Waals surface area contributed by atoms with Gasteiger partial charge in [0, 0.05) is 11.0 Å². The maximum Gasteiger partial charge on any atom is 0.0138 e. The Bertz CT molecular complexity index is 255. The molecular weight excluding hydrogens is 364 g/mol. The summed E-state index contributed by atoms with van der Waals surface area (Å²) in [6, 6.07) is 0. The van der Waals surface area contributed by atoms with Gasteiger partial charge in [0.1, 0.15) is 0 Å². The lowest BCUT2D eigenvalue weighted by atomic mass is 10.1. The van der Waals surface area contributed by atoms with Gasteiger partial charge in [-0.05, 0) is 31.3 Å². The summed E-state index contributed by atoms with van der Waals surface area (Å²) in [4.78, 5) is 0. The van der Waals surface area contributed by atoms with Crippen molar-refractivity contribution in [2.24, 2.45) is 0 Å². The quantitative estimate of drug-likeness (QED) is 0.152. The highest BCUT2D eigenvalue weighted by molar-refractivity contribution is 8.03. The lowest BCUT2D eigenvalue weighted by Crippen LogP contribution is -2.02. The Morgan fingerprint density at radius 1 is 0.519 bits per heavy atom. The molecule has 0 aliphatic carbocycles. The third-order valence-corrected chi connectivity index (χ3v) is 7.89. The molecule has 0 aromatic carbocycles. The number of hydrogen-bond acceptors (Lipinski definition) is 2. The first kappa shape index (κ1) is 27.7. The molecule has 0 N–H and O–H groups in total. The molecule has 1 radical (unpaired) electrons. The van der Waals surface area contributed by atoms with Crippen molar-refractivity contribution in [3.8, 4) is 0 Å². The van der Waals surface area contributed by atoms with Gasteiger partial charge in [-0.3, -0.25) is 0 Å². The van der Waals surface area contributed by atoms with E-state index >= 15 is 0 Å². The predicted octanol–water partition coefficient (Wildman–Crippen LogP) is 9.72. The summed E-state index contributed by atoms with van der Waals surface area (Å²) in [5.41, 5.74) is 0. The fraction of sp³-hybridized carbons (Fsp3) is 0.960. The van der Waals surface area contributed by atoms with Gasteiger partial charge < -0.3 is 0 Å². The third-order valence-electron chi connectivity index (χ3n) is 5.30. The standard InChI is InChI=1S/C25H51S2/c1-4-6-8-10-12-14-16-18-20-22-26-24-25(3)27-23-21-19-17-15-13-11-9-7-5-2/h25H,3-24H2,1-2H3. The molecule has 0 aliphatic rings. The van der Waals surface area contributed by atoms with Crippen LogP contribution in [0, 0.1) is 6.92 Å². The molecule has 2 heteroatoms. The Labute approximate surface area is 182 Å². The topological polar surface area (TPSA) is 0 Å². The zero-order chi connectivity index (χ0) is 19.8. The molecule has 0 fully saturated rings. The Balaban J connectivity index is 3.12. The van der Waals surface area contributed by atoms with E-state index in [-0.39, 0.29) is 0 Å². The van der Waals surface area contributed by atoms with Crippen molar-refractivity contribution in [2.75, 3.05) is 17.3 Å². The van der Waals surface area contributed by atoms with Crippen LogP contribution in [0.2, 0.25) is 0 Å². The molecule has 0 bridgehead atoms. The van der Waals surface area contributed by atoms with Gasteiger partial charge in [-0.15, -0.1) is 0 Å². The first-order valence-electron chi connectivity index (χ1n) is 12.3. The van der Waals surface area contributed by atoms with Crippen molar-refractivity contribution >= 4 is 23.5 Å². The van der Waals surface area contributed by atoms with Crippen LogP contribution in [-0.2, 0) is 0 Å². The summed E-state index contributed by atoms with van der Waals surface area (Å²) >= 11 is 4.23. The zero-order valence-electron chi connectivity index (χ0n) is 19.0. The first-order chi connectivity index (χ1) is 13.3. The van der Waals surface area contributed by atoms with Gasteiger partial charge in [0.15, 0.2) is 0 Å². The Morgan fingerprint density at radius 3 is 1.33 bits per heavy atom. The monoisotopic (exact) mass is 415 g/mol. The second-order valence-electron chi connectivity index (χ2n) is 8.22. The minimum Gasteiger partial charge on any atom is -0.161 e. The summed E-state index contributed by atoms with van der Waals surface area (Å²) in [7, 11) is 0. The highest BCUT2D eigenvalue weighted by Gasteiger charge is 2.03. The van der Waals surface area contributed by atoms with Crippen LogP contribution in [0.15, 0.2) is 0 Å². The number of unbranched alkanes of at least 4 members (excludes halogenated alkanes) is 16. The zero-order valence-corrected chi connectivity index (χ0v) is 20.6. The van der Waals surface area contributed by atoms with E-state index in [1.165, 1.54) is 133 Å². The molecule has 0 spiro atoms. The van der Waals surface area contributed by atoms with Crippen molar-refractivity contribution in [3.63, 3.8) is 0 Å².